The van der Waals surface area contributed by atoms with Gasteiger partial charge in [-0.05, 0) is 41.8 Å². The predicted octanol–water partition coefficient (Wildman–Crippen LogP) is 4.11. The number of hydrogen-bond acceptors (Lipinski definition) is 7. The second kappa shape index (κ2) is 9.97. The molecule has 7 nitrogen and oxygen atoms in total. The van der Waals surface area contributed by atoms with Crippen LogP contribution in [0.5, 0.6) is 11.5 Å². The first-order valence-corrected chi connectivity index (χ1v) is 10.1. The van der Waals surface area contributed by atoms with Gasteiger partial charge in [-0.3, -0.25) is 4.79 Å². The number of benzene rings is 2. The highest BCUT2D eigenvalue weighted by Gasteiger charge is 2.09. The molecule has 29 heavy (non-hydrogen) atoms. The lowest BCUT2D eigenvalue weighted by atomic mass is 10.2. The third-order valence-electron chi connectivity index (χ3n) is 3.76. The van der Waals surface area contributed by atoms with Crippen LogP contribution in [0.15, 0.2) is 57.2 Å². The van der Waals surface area contributed by atoms with Gasteiger partial charge in [0.25, 0.3) is 11.1 Å². The number of fused-ring (bicyclic) bond motifs is 1. The normalized spacial score (nSPS) is 11.3. The number of para-hydroxylation sites is 2. The van der Waals surface area contributed by atoms with Gasteiger partial charge in [-0.15, -0.1) is 0 Å². The fourth-order valence-electron chi connectivity index (χ4n) is 2.39. The van der Waals surface area contributed by atoms with E-state index in [4.69, 9.17) is 13.9 Å². The molecule has 0 radical (unpaired) electrons. The van der Waals surface area contributed by atoms with Gasteiger partial charge in [0.1, 0.15) is 5.52 Å². The Morgan fingerprint density at radius 2 is 2.10 bits per heavy atom. The maximum Gasteiger partial charge on any atom is 0.257 e. The Morgan fingerprint density at radius 1 is 1.28 bits per heavy atom. The molecule has 0 saturated heterocycles. The van der Waals surface area contributed by atoms with Crippen molar-refractivity contribution in [3.05, 3.63) is 48.0 Å². The van der Waals surface area contributed by atoms with Gasteiger partial charge in [0.15, 0.2) is 17.1 Å². The van der Waals surface area contributed by atoms with Crippen molar-refractivity contribution in [1.29, 1.82) is 0 Å². The lowest BCUT2D eigenvalue weighted by Gasteiger charge is -2.12. The molecule has 0 aliphatic carbocycles. The highest BCUT2D eigenvalue weighted by atomic mass is 32.2. The zero-order valence-electron chi connectivity index (χ0n) is 16.5. The van der Waals surface area contributed by atoms with E-state index in [1.165, 1.54) is 11.8 Å². The van der Waals surface area contributed by atoms with Crippen molar-refractivity contribution in [3.8, 4) is 11.5 Å². The molecule has 0 saturated carbocycles. The summed E-state index contributed by atoms with van der Waals surface area (Å²) in [6.45, 7) is 4.77. The molecular weight excluding hydrogens is 390 g/mol. The van der Waals surface area contributed by atoms with Crippen LogP contribution >= 0.6 is 11.8 Å². The van der Waals surface area contributed by atoms with Crippen LogP contribution in [0.3, 0.4) is 0 Å². The number of hydrazone groups is 1. The number of carbonyl (C=O) groups is 1. The SMILES string of the molecule is COc1cc(/C=N/NC(=O)CSc2nc3ccccc3o2)ccc1OCC(C)C. The van der Waals surface area contributed by atoms with Crippen LogP contribution in [0.4, 0.5) is 0 Å². The van der Waals surface area contributed by atoms with Gasteiger partial charge in [0.05, 0.1) is 25.7 Å². The highest BCUT2D eigenvalue weighted by Crippen LogP contribution is 2.28. The molecule has 0 spiro atoms. The molecule has 1 amide bonds. The van der Waals surface area contributed by atoms with Crippen molar-refractivity contribution in [1.82, 2.24) is 10.4 Å². The van der Waals surface area contributed by atoms with Crippen LogP contribution in [-0.2, 0) is 4.79 Å². The van der Waals surface area contributed by atoms with E-state index in [0.29, 0.717) is 34.8 Å². The van der Waals surface area contributed by atoms with E-state index in [0.717, 1.165) is 11.1 Å². The molecule has 0 fully saturated rings. The molecule has 152 valence electrons. The summed E-state index contributed by atoms with van der Waals surface area (Å²) in [5.74, 6) is 1.61. The number of nitrogens with zero attached hydrogens (tertiary/aromatic N) is 2. The van der Waals surface area contributed by atoms with Crippen LogP contribution in [0, 0.1) is 5.92 Å². The number of ether oxygens (including phenoxy) is 2. The van der Waals surface area contributed by atoms with Crippen molar-refractivity contribution < 1.29 is 18.7 Å². The largest absolute Gasteiger partial charge is 0.493 e. The summed E-state index contributed by atoms with van der Waals surface area (Å²) >= 11 is 1.22. The molecule has 3 aromatic rings. The van der Waals surface area contributed by atoms with Crippen LogP contribution in [0.1, 0.15) is 19.4 Å². The van der Waals surface area contributed by atoms with Crippen molar-refractivity contribution in [3.63, 3.8) is 0 Å². The fourth-order valence-corrected chi connectivity index (χ4v) is 3.02. The molecule has 1 aromatic heterocycles. The summed E-state index contributed by atoms with van der Waals surface area (Å²) in [5, 5.41) is 4.44. The van der Waals surface area contributed by atoms with Crippen LogP contribution < -0.4 is 14.9 Å². The average Bonchev–Trinajstić information content (AvgIpc) is 3.14. The van der Waals surface area contributed by atoms with Gasteiger partial charge < -0.3 is 13.9 Å². The minimum Gasteiger partial charge on any atom is -0.493 e. The Bertz CT molecular complexity index is 968. The van der Waals surface area contributed by atoms with E-state index in [2.05, 4.69) is 29.4 Å². The number of amides is 1. The number of rotatable bonds is 9. The Hall–Kier alpha value is -3.00. The number of carbonyl (C=O) groups excluding carboxylic acids is 1. The van der Waals surface area contributed by atoms with Crippen molar-refractivity contribution in [2.75, 3.05) is 19.5 Å². The first kappa shape index (κ1) is 20.7. The van der Waals surface area contributed by atoms with Gasteiger partial charge in [0, 0.05) is 0 Å². The molecule has 0 aliphatic heterocycles. The molecule has 0 aliphatic rings. The van der Waals surface area contributed by atoms with E-state index in [1.807, 2.05) is 36.4 Å². The number of nitrogens with one attached hydrogen (secondary N) is 1. The van der Waals surface area contributed by atoms with Gasteiger partial charge in [-0.1, -0.05) is 37.7 Å². The van der Waals surface area contributed by atoms with Gasteiger partial charge in [-0.2, -0.15) is 5.10 Å². The van der Waals surface area contributed by atoms with Crippen LogP contribution in [0.2, 0.25) is 0 Å². The lowest BCUT2D eigenvalue weighted by Crippen LogP contribution is -2.19. The van der Waals surface area contributed by atoms with Crippen molar-refractivity contribution >= 4 is 35.0 Å². The Balaban J connectivity index is 1.51. The molecule has 3 rings (SSSR count). The van der Waals surface area contributed by atoms with E-state index >= 15 is 0 Å². The standard InChI is InChI=1S/C21H23N3O4S/c1-14(2)12-27-18-9-8-15(10-19(18)26-3)11-22-24-20(25)13-29-21-23-16-6-4-5-7-17(16)28-21/h4-11,14H,12-13H2,1-3H3,(H,24,25)/b22-11+. The third-order valence-corrected chi connectivity index (χ3v) is 4.59. The molecule has 1 heterocycles. The van der Waals surface area contributed by atoms with Gasteiger partial charge in [0.2, 0.25) is 0 Å². The molecule has 8 heteroatoms. The monoisotopic (exact) mass is 413 g/mol. The predicted molar refractivity (Wildman–Crippen MR) is 114 cm³/mol. The van der Waals surface area contributed by atoms with E-state index in [1.54, 1.807) is 19.4 Å². The van der Waals surface area contributed by atoms with Crippen molar-refractivity contribution in [2.45, 2.75) is 19.1 Å². The van der Waals surface area contributed by atoms with Gasteiger partial charge in [-0.25, -0.2) is 10.4 Å². The number of oxazole rings is 1. The topological polar surface area (TPSA) is 86.0 Å². The van der Waals surface area contributed by atoms with Crippen molar-refractivity contribution in [2.24, 2.45) is 11.0 Å². The molecule has 0 bridgehead atoms. The number of hydrogen-bond donors (Lipinski definition) is 1. The van der Waals surface area contributed by atoms with E-state index < -0.39 is 0 Å². The van der Waals surface area contributed by atoms with Crippen LogP contribution in [-0.4, -0.2) is 36.6 Å². The Morgan fingerprint density at radius 3 is 2.86 bits per heavy atom. The first-order valence-electron chi connectivity index (χ1n) is 9.16. The summed E-state index contributed by atoms with van der Waals surface area (Å²) in [7, 11) is 1.59. The maximum atomic E-state index is 12.0. The summed E-state index contributed by atoms with van der Waals surface area (Å²) in [4.78, 5) is 16.3. The minimum absolute atomic E-state index is 0.148. The summed E-state index contributed by atoms with van der Waals surface area (Å²) in [6, 6.07) is 12.9. The molecule has 0 atom stereocenters. The van der Waals surface area contributed by atoms with E-state index in [-0.39, 0.29) is 11.7 Å². The molecule has 0 unspecified atom stereocenters. The number of thioether (sulfide) groups is 1. The number of aromatic nitrogens is 1. The summed E-state index contributed by atoms with van der Waals surface area (Å²) in [6.07, 6.45) is 1.55. The summed E-state index contributed by atoms with van der Waals surface area (Å²) < 4.78 is 16.7. The zero-order chi connectivity index (χ0) is 20.6. The minimum atomic E-state index is -0.252. The van der Waals surface area contributed by atoms with Crippen LogP contribution in [0.25, 0.3) is 11.1 Å². The zero-order valence-corrected chi connectivity index (χ0v) is 17.4. The fraction of sp³-hybridized carbons (Fsp3) is 0.286. The van der Waals surface area contributed by atoms with E-state index in [9.17, 15) is 4.79 Å². The maximum absolute atomic E-state index is 12.0. The average molecular weight is 413 g/mol. The molecule has 1 N–H and O–H groups in total. The second-order valence-electron chi connectivity index (χ2n) is 6.64. The Kier molecular flexibility index (Phi) is 7.13. The first-order chi connectivity index (χ1) is 14.0. The number of methoxy groups -OCH3 is 1. The smallest absolute Gasteiger partial charge is 0.257 e. The highest BCUT2D eigenvalue weighted by molar-refractivity contribution is 7.99. The second-order valence-corrected chi connectivity index (χ2v) is 7.57. The third kappa shape index (κ3) is 5.99. The molecule has 2 aromatic carbocycles. The summed E-state index contributed by atoms with van der Waals surface area (Å²) in [5.41, 5.74) is 4.74. The molecular formula is C21H23N3O4S. The quantitative estimate of drug-likeness (QED) is 0.323. The lowest BCUT2D eigenvalue weighted by molar-refractivity contribution is -0.118. The van der Waals surface area contributed by atoms with Gasteiger partial charge >= 0.3 is 0 Å². The Labute approximate surface area is 173 Å².